The van der Waals surface area contributed by atoms with E-state index in [0.717, 1.165) is 17.9 Å². The van der Waals surface area contributed by atoms with Crippen LogP contribution in [0.4, 0.5) is 5.69 Å². The molecule has 0 spiro atoms. The lowest BCUT2D eigenvalue weighted by atomic mass is 10.2. The summed E-state index contributed by atoms with van der Waals surface area (Å²) in [6.07, 6.45) is 0.835. The van der Waals surface area contributed by atoms with Gasteiger partial charge in [0.25, 0.3) is 0 Å². The predicted molar refractivity (Wildman–Crippen MR) is 107 cm³/mol. The fraction of sp³-hybridized carbons (Fsp3) is 0.350. The number of rotatable bonds is 9. The number of phenols is 1. The van der Waals surface area contributed by atoms with Crippen LogP contribution in [0.3, 0.4) is 0 Å². The lowest BCUT2D eigenvalue weighted by molar-refractivity contribution is 0.172. The Labute approximate surface area is 160 Å². The maximum absolute atomic E-state index is 9.98. The van der Waals surface area contributed by atoms with Crippen LogP contribution in [0.15, 0.2) is 47.5 Å². The molecule has 27 heavy (non-hydrogen) atoms. The molecule has 0 heterocycles. The summed E-state index contributed by atoms with van der Waals surface area (Å²) in [5.41, 5.74) is 1.56. The average molecular weight is 373 g/mol. The molecule has 2 aromatic rings. The Morgan fingerprint density at radius 3 is 2.67 bits per heavy atom. The molecule has 0 radical (unpaired) electrons. The first-order valence-electron chi connectivity index (χ1n) is 8.71. The summed E-state index contributed by atoms with van der Waals surface area (Å²) in [7, 11) is 4.95. The van der Waals surface area contributed by atoms with Crippen molar-refractivity contribution >= 4 is 11.6 Å². The van der Waals surface area contributed by atoms with Crippen molar-refractivity contribution in [2.45, 2.75) is 13.0 Å². The molecule has 0 saturated carbocycles. The summed E-state index contributed by atoms with van der Waals surface area (Å²) in [5.74, 6) is 2.24. The highest BCUT2D eigenvalue weighted by Gasteiger charge is 2.06. The van der Waals surface area contributed by atoms with Gasteiger partial charge in [-0.2, -0.15) is 0 Å². The molecule has 0 fully saturated rings. The number of nitrogens with zero attached hydrogens (tertiary/aromatic N) is 1. The second kappa shape index (κ2) is 10.9. The summed E-state index contributed by atoms with van der Waals surface area (Å²) in [5, 5.41) is 16.4. The number of ether oxygens (including phenoxy) is 3. The fourth-order valence-corrected chi connectivity index (χ4v) is 2.38. The van der Waals surface area contributed by atoms with Crippen LogP contribution in [-0.4, -0.2) is 45.5 Å². The lowest BCUT2D eigenvalue weighted by Gasteiger charge is -2.14. The number of guanidine groups is 1. The molecule has 3 N–H and O–H groups in total. The van der Waals surface area contributed by atoms with E-state index in [-0.39, 0.29) is 5.75 Å². The zero-order valence-electron chi connectivity index (χ0n) is 16.0. The SMILES string of the molecule is CN=C(NCc1cc(OC)ccc1O)Nc1cccc(OCCCOC)c1. The summed E-state index contributed by atoms with van der Waals surface area (Å²) < 4.78 is 15.9. The lowest BCUT2D eigenvalue weighted by Crippen LogP contribution is -2.30. The topological polar surface area (TPSA) is 84.3 Å². The van der Waals surface area contributed by atoms with Crippen molar-refractivity contribution < 1.29 is 19.3 Å². The smallest absolute Gasteiger partial charge is 0.195 e. The van der Waals surface area contributed by atoms with Gasteiger partial charge in [-0.25, -0.2) is 0 Å². The molecule has 0 aliphatic rings. The number of methoxy groups -OCH3 is 2. The third-order valence-corrected chi connectivity index (χ3v) is 3.81. The van der Waals surface area contributed by atoms with Crippen LogP contribution in [0.2, 0.25) is 0 Å². The fourth-order valence-electron chi connectivity index (χ4n) is 2.38. The van der Waals surface area contributed by atoms with Gasteiger partial charge in [-0.1, -0.05) is 6.07 Å². The molecule has 2 rings (SSSR count). The van der Waals surface area contributed by atoms with Gasteiger partial charge in [0, 0.05) is 51.0 Å². The van der Waals surface area contributed by atoms with Gasteiger partial charge >= 0.3 is 0 Å². The molecule has 0 aliphatic heterocycles. The zero-order valence-corrected chi connectivity index (χ0v) is 16.0. The number of nitrogens with one attached hydrogen (secondary N) is 2. The van der Waals surface area contributed by atoms with Crippen LogP contribution in [0.5, 0.6) is 17.2 Å². The van der Waals surface area contributed by atoms with E-state index in [0.29, 0.717) is 37.0 Å². The van der Waals surface area contributed by atoms with Gasteiger partial charge in [-0.15, -0.1) is 0 Å². The van der Waals surface area contributed by atoms with Crippen molar-refractivity contribution in [1.82, 2.24) is 5.32 Å². The Morgan fingerprint density at radius 1 is 1.07 bits per heavy atom. The Hall–Kier alpha value is -2.93. The van der Waals surface area contributed by atoms with Gasteiger partial charge in [-0.05, 0) is 30.3 Å². The van der Waals surface area contributed by atoms with E-state index >= 15 is 0 Å². The number of hydrogen-bond acceptors (Lipinski definition) is 5. The highest BCUT2D eigenvalue weighted by atomic mass is 16.5. The van der Waals surface area contributed by atoms with E-state index in [4.69, 9.17) is 14.2 Å². The first kappa shape index (κ1) is 20.4. The predicted octanol–water partition coefficient (Wildman–Crippen LogP) is 3.00. The number of hydrogen-bond donors (Lipinski definition) is 3. The Morgan fingerprint density at radius 2 is 1.93 bits per heavy atom. The number of aromatic hydroxyl groups is 1. The molecule has 7 heteroatoms. The molecule has 0 saturated heterocycles. The van der Waals surface area contributed by atoms with Crippen molar-refractivity contribution in [3.05, 3.63) is 48.0 Å². The molecule has 2 aromatic carbocycles. The highest BCUT2D eigenvalue weighted by Crippen LogP contribution is 2.22. The third-order valence-electron chi connectivity index (χ3n) is 3.81. The van der Waals surface area contributed by atoms with Crippen molar-refractivity contribution in [2.75, 3.05) is 39.8 Å². The monoisotopic (exact) mass is 373 g/mol. The number of aliphatic imine (C=N–C) groups is 1. The van der Waals surface area contributed by atoms with Crippen LogP contribution in [0.25, 0.3) is 0 Å². The molecular weight excluding hydrogens is 346 g/mol. The van der Waals surface area contributed by atoms with Gasteiger partial charge in [0.05, 0.1) is 13.7 Å². The molecule has 0 bridgehead atoms. The highest BCUT2D eigenvalue weighted by molar-refractivity contribution is 5.93. The molecule has 0 aromatic heterocycles. The van der Waals surface area contributed by atoms with Crippen LogP contribution in [0.1, 0.15) is 12.0 Å². The maximum Gasteiger partial charge on any atom is 0.195 e. The van der Waals surface area contributed by atoms with E-state index in [1.807, 2.05) is 24.3 Å². The molecule has 0 atom stereocenters. The summed E-state index contributed by atoms with van der Waals surface area (Å²) in [6.45, 7) is 1.67. The summed E-state index contributed by atoms with van der Waals surface area (Å²) >= 11 is 0. The quantitative estimate of drug-likeness (QED) is 0.356. The van der Waals surface area contributed by atoms with Crippen LogP contribution in [-0.2, 0) is 11.3 Å². The summed E-state index contributed by atoms with van der Waals surface area (Å²) in [6, 6.07) is 12.8. The van der Waals surface area contributed by atoms with E-state index in [9.17, 15) is 5.11 Å². The first-order chi connectivity index (χ1) is 13.2. The van der Waals surface area contributed by atoms with Crippen LogP contribution in [0, 0.1) is 0 Å². The van der Waals surface area contributed by atoms with Gasteiger partial charge in [-0.3, -0.25) is 4.99 Å². The van der Waals surface area contributed by atoms with Crippen LogP contribution < -0.4 is 20.1 Å². The summed E-state index contributed by atoms with van der Waals surface area (Å²) in [4.78, 5) is 4.21. The molecule has 146 valence electrons. The van der Waals surface area contributed by atoms with Crippen molar-refractivity contribution in [2.24, 2.45) is 4.99 Å². The van der Waals surface area contributed by atoms with Gasteiger partial charge in [0.15, 0.2) is 5.96 Å². The standard InChI is InChI=1S/C20H27N3O4/c1-21-20(22-14-15-12-17(26-3)8-9-19(15)24)23-16-6-4-7-18(13-16)27-11-5-10-25-2/h4,6-9,12-13,24H,5,10-11,14H2,1-3H3,(H2,21,22,23). The maximum atomic E-state index is 9.98. The second-order valence-corrected chi connectivity index (χ2v) is 5.77. The third kappa shape index (κ3) is 6.71. The Bertz CT molecular complexity index is 750. The number of anilines is 1. The average Bonchev–Trinajstić information content (AvgIpc) is 2.70. The van der Waals surface area contributed by atoms with Gasteiger partial charge in [0.2, 0.25) is 0 Å². The van der Waals surface area contributed by atoms with Crippen molar-refractivity contribution in [1.29, 1.82) is 0 Å². The first-order valence-corrected chi connectivity index (χ1v) is 8.71. The van der Waals surface area contributed by atoms with Crippen molar-refractivity contribution in [3.63, 3.8) is 0 Å². The zero-order chi connectivity index (χ0) is 19.5. The number of phenolic OH excluding ortho intramolecular Hbond substituents is 1. The molecule has 7 nitrogen and oxygen atoms in total. The second-order valence-electron chi connectivity index (χ2n) is 5.77. The largest absolute Gasteiger partial charge is 0.508 e. The molecule has 0 aliphatic carbocycles. The molecule has 0 unspecified atom stereocenters. The van der Waals surface area contributed by atoms with E-state index < -0.39 is 0 Å². The minimum absolute atomic E-state index is 0.199. The number of benzene rings is 2. The van der Waals surface area contributed by atoms with E-state index in [1.165, 1.54) is 0 Å². The Kier molecular flexibility index (Phi) is 8.25. The molecular formula is C20H27N3O4. The van der Waals surface area contributed by atoms with E-state index in [1.54, 1.807) is 39.5 Å². The van der Waals surface area contributed by atoms with Gasteiger partial charge < -0.3 is 30.0 Å². The Balaban J connectivity index is 1.93. The van der Waals surface area contributed by atoms with E-state index in [2.05, 4.69) is 15.6 Å². The normalized spacial score (nSPS) is 11.1. The molecule has 0 amide bonds. The van der Waals surface area contributed by atoms with Crippen LogP contribution >= 0.6 is 0 Å². The van der Waals surface area contributed by atoms with Crippen molar-refractivity contribution in [3.8, 4) is 17.2 Å². The minimum atomic E-state index is 0.199. The minimum Gasteiger partial charge on any atom is -0.508 e. The van der Waals surface area contributed by atoms with Gasteiger partial charge in [0.1, 0.15) is 17.2 Å².